The maximum absolute atomic E-state index is 10.7. The first-order valence-corrected chi connectivity index (χ1v) is 6.81. The Balaban J connectivity index is 2.30. The van der Waals surface area contributed by atoms with Crippen LogP contribution in [0.5, 0.6) is 0 Å². The topological polar surface area (TPSA) is 20.2 Å². The van der Waals surface area contributed by atoms with Gasteiger partial charge in [-0.25, -0.2) is 0 Å². The van der Waals surface area contributed by atoms with E-state index in [4.69, 9.17) is 0 Å². The van der Waals surface area contributed by atoms with E-state index in [1.54, 1.807) is 0 Å². The number of hydrogen-bond acceptors (Lipinski definition) is 1. The zero-order valence-electron chi connectivity index (χ0n) is 10.7. The number of aliphatic hydroxyl groups is 1. The van der Waals surface area contributed by atoms with Crippen molar-refractivity contribution in [2.75, 3.05) is 0 Å². The highest BCUT2D eigenvalue weighted by molar-refractivity contribution is 9.10. The van der Waals surface area contributed by atoms with Crippen LogP contribution in [-0.4, -0.2) is 5.11 Å². The van der Waals surface area contributed by atoms with Gasteiger partial charge in [0.05, 0.1) is 5.60 Å². The molecule has 0 aliphatic carbocycles. The van der Waals surface area contributed by atoms with Gasteiger partial charge in [0.1, 0.15) is 0 Å². The van der Waals surface area contributed by atoms with E-state index in [-0.39, 0.29) is 0 Å². The van der Waals surface area contributed by atoms with Gasteiger partial charge in [0.15, 0.2) is 0 Å². The number of rotatable bonds is 3. The minimum Gasteiger partial charge on any atom is -0.385 e. The van der Waals surface area contributed by atoms with Crippen LogP contribution in [0.15, 0.2) is 53.0 Å². The highest BCUT2D eigenvalue weighted by atomic mass is 79.9. The number of benzene rings is 2. The van der Waals surface area contributed by atoms with E-state index >= 15 is 0 Å². The fourth-order valence-electron chi connectivity index (χ4n) is 2.32. The summed E-state index contributed by atoms with van der Waals surface area (Å²) in [4.78, 5) is 0. The molecule has 94 valence electrons. The summed E-state index contributed by atoms with van der Waals surface area (Å²) in [5.41, 5.74) is 2.40. The molecule has 0 saturated carbocycles. The molecular weight excluding hydrogens is 288 g/mol. The lowest BCUT2D eigenvalue weighted by molar-refractivity contribution is 0.0570. The number of halogens is 1. The van der Waals surface area contributed by atoms with E-state index in [0.29, 0.717) is 6.42 Å². The fraction of sp³-hybridized carbons (Fsp3) is 0.250. The number of aryl methyl sites for hydroxylation is 1. The predicted molar refractivity (Wildman–Crippen MR) is 78.6 cm³/mol. The van der Waals surface area contributed by atoms with Crippen LogP contribution in [0.25, 0.3) is 0 Å². The molecule has 0 radical (unpaired) electrons. The largest absolute Gasteiger partial charge is 0.385 e. The molecule has 0 aliphatic heterocycles. The molecule has 1 N–H and O–H groups in total. The Morgan fingerprint density at radius 2 is 1.83 bits per heavy atom. The summed E-state index contributed by atoms with van der Waals surface area (Å²) in [6.45, 7) is 3.90. The summed E-state index contributed by atoms with van der Waals surface area (Å²) < 4.78 is 1.04. The van der Waals surface area contributed by atoms with Crippen LogP contribution in [-0.2, 0) is 12.0 Å². The first-order valence-electron chi connectivity index (χ1n) is 6.02. The molecule has 2 rings (SSSR count). The van der Waals surface area contributed by atoms with Crippen LogP contribution in [0.4, 0.5) is 0 Å². The van der Waals surface area contributed by atoms with Crippen LogP contribution < -0.4 is 0 Å². The summed E-state index contributed by atoms with van der Waals surface area (Å²) >= 11 is 3.46. The van der Waals surface area contributed by atoms with Crippen LogP contribution in [0, 0.1) is 6.92 Å². The third-order valence-electron chi connectivity index (χ3n) is 3.16. The summed E-state index contributed by atoms with van der Waals surface area (Å²) in [5, 5.41) is 10.7. The quantitative estimate of drug-likeness (QED) is 0.900. The predicted octanol–water partition coefficient (Wildman–Crippen LogP) is 4.21. The summed E-state index contributed by atoms with van der Waals surface area (Å²) in [6.07, 6.45) is 0.608. The maximum Gasteiger partial charge on any atom is 0.0911 e. The molecule has 1 unspecified atom stereocenters. The van der Waals surface area contributed by atoms with E-state index in [1.165, 1.54) is 0 Å². The van der Waals surface area contributed by atoms with Crippen molar-refractivity contribution in [1.29, 1.82) is 0 Å². The Kier molecular flexibility index (Phi) is 3.88. The van der Waals surface area contributed by atoms with Crippen molar-refractivity contribution in [3.05, 3.63) is 69.7 Å². The van der Waals surface area contributed by atoms with Gasteiger partial charge in [0.25, 0.3) is 0 Å². The van der Waals surface area contributed by atoms with Crippen LogP contribution in [0.2, 0.25) is 0 Å². The fourth-order valence-corrected chi connectivity index (χ4v) is 2.76. The van der Waals surface area contributed by atoms with Crippen LogP contribution in [0.1, 0.15) is 23.6 Å². The van der Waals surface area contributed by atoms with Gasteiger partial charge >= 0.3 is 0 Å². The lowest BCUT2D eigenvalue weighted by Gasteiger charge is -2.26. The van der Waals surface area contributed by atoms with E-state index in [1.807, 2.05) is 62.4 Å². The number of hydrogen-bond donors (Lipinski definition) is 1. The molecule has 0 aromatic heterocycles. The molecule has 2 heteroatoms. The van der Waals surface area contributed by atoms with Gasteiger partial charge in [-0.05, 0) is 42.7 Å². The van der Waals surface area contributed by atoms with Crippen molar-refractivity contribution in [2.24, 2.45) is 0 Å². The highest BCUT2D eigenvalue weighted by Gasteiger charge is 2.24. The Bertz CT molecular complexity index is 546. The first kappa shape index (κ1) is 13.3. The Hall–Kier alpha value is -1.12. The first-order chi connectivity index (χ1) is 8.49. The van der Waals surface area contributed by atoms with E-state index in [2.05, 4.69) is 15.9 Å². The lowest BCUT2D eigenvalue weighted by Crippen LogP contribution is -2.25. The maximum atomic E-state index is 10.7. The zero-order valence-corrected chi connectivity index (χ0v) is 12.2. The molecule has 2 aromatic rings. The summed E-state index contributed by atoms with van der Waals surface area (Å²) in [5.74, 6) is 0. The standard InChI is InChI=1S/C16H17BrO/c1-12-6-3-4-9-15(12)16(2,18)11-13-7-5-8-14(17)10-13/h3-10,18H,11H2,1-2H3. The van der Waals surface area contributed by atoms with Gasteiger partial charge < -0.3 is 5.11 Å². The van der Waals surface area contributed by atoms with Crippen molar-refractivity contribution in [3.63, 3.8) is 0 Å². The monoisotopic (exact) mass is 304 g/mol. The molecule has 0 amide bonds. The third kappa shape index (κ3) is 3.01. The Morgan fingerprint density at radius 3 is 2.50 bits per heavy atom. The lowest BCUT2D eigenvalue weighted by atomic mass is 9.86. The molecule has 0 heterocycles. The molecule has 1 nitrogen and oxygen atoms in total. The summed E-state index contributed by atoms with van der Waals surface area (Å²) in [6, 6.07) is 16.1. The average Bonchev–Trinajstić information content (AvgIpc) is 2.28. The SMILES string of the molecule is Cc1ccccc1C(C)(O)Cc1cccc(Br)c1. The molecule has 1 atom stereocenters. The second-order valence-corrected chi connectivity index (χ2v) is 5.81. The molecule has 0 fully saturated rings. The van der Waals surface area contributed by atoms with Gasteiger partial charge in [-0.2, -0.15) is 0 Å². The Labute approximate surface area is 117 Å². The van der Waals surface area contributed by atoms with Gasteiger partial charge in [-0.15, -0.1) is 0 Å². The molecular formula is C16H17BrO. The Morgan fingerprint density at radius 1 is 1.11 bits per heavy atom. The molecule has 2 aromatic carbocycles. The van der Waals surface area contributed by atoms with Gasteiger partial charge in [0.2, 0.25) is 0 Å². The minimum atomic E-state index is -0.841. The van der Waals surface area contributed by atoms with E-state index < -0.39 is 5.60 Å². The average molecular weight is 305 g/mol. The second kappa shape index (κ2) is 5.25. The van der Waals surface area contributed by atoms with Crippen molar-refractivity contribution < 1.29 is 5.11 Å². The van der Waals surface area contributed by atoms with Gasteiger partial charge in [-0.1, -0.05) is 52.3 Å². The molecule has 0 spiro atoms. The zero-order chi connectivity index (χ0) is 13.2. The normalized spacial score (nSPS) is 14.2. The van der Waals surface area contributed by atoms with Crippen LogP contribution >= 0.6 is 15.9 Å². The van der Waals surface area contributed by atoms with Crippen molar-refractivity contribution in [1.82, 2.24) is 0 Å². The van der Waals surface area contributed by atoms with Crippen molar-refractivity contribution in [2.45, 2.75) is 25.9 Å². The van der Waals surface area contributed by atoms with Crippen molar-refractivity contribution in [3.8, 4) is 0 Å². The third-order valence-corrected chi connectivity index (χ3v) is 3.66. The van der Waals surface area contributed by atoms with Gasteiger partial charge in [0, 0.05) is 10.9 Å². The minimum absolute atomic E-state index is 0.608. The molecule has 0 bridgehead atoms. The summed E-state index contributed by atoms with van der Waals surface area (Å²) in [7, 11) is 0. The molecule has 18 heavy (non-hydrogen) atoms. The highest BCUT2D eigenvalue weighted by Crippen LogP contribution is 2.28. The molecule has 0 aliphatic rings. The molecule has 0 saturated heterocycles. The van der Waals surface area contributed by atoms with E-state index in [9.17, 15) is 5.11 Å². The van der Waals surface area contributed by atoms with Crippen LogP contribution in [0.3, 0.4) is 0 Å². The smallest absolute Gasteiger partial charge is 0.0911 e. The van der Waals surface area contributed by atoms with Gasteiger partial charge in [-0.3, -0.25) is 0 Å². The second-order valence-electron chi connectivity index (χ2n) is 4.90. The van der Waals surface area contributed by atoms with Crippen molar-refractivity contribution >= 4 is 15.9 Å². The van der Waals surface area contributed by atoms with E-state index in [0.717, 1.165) is 21.2 Å².